The van der Waals surface area contributed by atoms with Crippen LogP contribution in [0.2, 0.25) is 0 Å². The highest BCUT2D eigenvalue weighted by Gasteiger charge is 2.19. The summed E-state index contributed by atoms with van der Waals surface area (Å²) in [4.78, 5) is 16.3. The summed E-state index contributed by atoms with van der Waals surface area (Å²) in [5, 5.41) is 0. The van der Waals surface area contributed by atoms with Crippen molar-refractivity contribution in [3.8, 4) is 0 Å². The fourth-order valence-electron chi connectivity index (χ4n) is 3.40. The van der Waals surface area contributed by atoms with Gasteiger partial charge in [0.05, 0.1) is 12.2 Å². The highest BCUT2D eigenvalue weighted by molar-refractivity contribution is 7.71. The second-order valence-corrected chi connectivity index (χ2v) is 7.05. The minimum atomic E-state index is -0.484. The molecule has 7 heteroatoms. The lowest BCUT2D eigenvalue weighted by atomic mass is 10.1. The first-order chi connectivity index (χ1) is 12.4. The molecule has 0 saturated carbocycles. The Balaban J connectivity index is 1.72. The summed E-state index contributed by atoms with van der Waals surface area (Å²) >= 11 is 5.51. The molecule has 1 amide bonds. The van der Waals surface area contributed by atoms with E-state index in [0.29, 0.717) is 16.9 Å². The summed E-state index contributed by atoms with van der Waals surface area (Å²) in [7, 11) is 0. The molecule has 0 spiro atoms. The highest BCUT2D eigenvalue weighted by Crippen LogP contribution is 2.19. The number of aryl methyl sites for hydroxylation is 2. The van der Waals surface area contributed by atoms with E-state index in [9.17, 15) is 9.18 Å². The third kappa shape index (κ3) is 3.78. The number of piperazine rings is 1. The van der Waals surface area contributed by atoms with Crippen LogP contribution < -0.4 is 10.6 Å². The minimum Gasteiger partial charge on any atom is -0.369 e. The van der Waals surface area contributed by atoms with Crippen molar-refractivity contribution in [3.05, 3.63) is 57.6 Å². The molecule has 1 aliphatic rings. The van der Waals surface area contributed by atoms with E-state index in [4.69, 9.17) is 18.0 Å². The molecule has 2 heterocycles. The number of anilines is 1. The van der Waals surface area contributed by atoms with Gasteiger partial charge in [0, 0.05) is 37.6 Å². The largest absolute Gasteiger partial charge is 0.369 e. The monoisotopic (exact) mass is 374 g/mol. The summed E-state index contributed by atoms with van der Waals surface area (Å²) < 4.78 is 15.5. The van der Waals surface area contributed by atoms with Crippen LogP contribution in [0.1, 0.15) is 21.6 Å². The first-order valence-corrected chi connectivity index (χ1v) is 9.01. The van der Waals surface area contributed by atoms with E-state index < -0.39 is 5.91 Å². The maximum atomic E-state index is 13.1. The van der Waals surface area contributed by atoms with Crippen molar-refractivity contribution in [3.63, 3.8) is 0 Å². The summed E-state index contributed by atoms with van der Waals surface area (Å²) in [5.41, 5.74) is 8.78. The molecule has 1 fully saturated rings. The van der Waals surface area contributed by atoms with Gasteiger partial charge in [-0.15, -0.1) is 0 Å². The number of nitrogens with zero attached hydrogens (tertiary/aromatic N) is 3. The maximum Gasteiger partial charge on any atom is 0.251 e. The molecular weight excluding hydrogens is 351 g/mol. The number of nitrogens with two attached hydrogens (primary N) is 1. The molecule has 2 N–H and O–H groups in total. The molecule has 1 aromatic heterocycles. The zero-order valence-corrected chi connectivity index (χ0v) is 15.9. The quantitative estimate of drug-likeness (QED) is 0.836. The average molecular weight is 374 g/mol. The smallest absolute Gasteiger partial charge is 0.251 e. The van der Waals surface area contributed by atoms with Crippen molar-refractivity contribution in [1.82, 2.24) is 9.47 Å². The van der Waals surface area contributed by atoms with Crippen LogP contribution in [-0.4, -0.2) is 41.6 Å². The van der Waals surface area contributed by atoms with Crippen LogP contribution in [-0.2, 0) is 6.67 Å². The SMILES string of the molecule is Cc1cc(C)n(CN2CCN(c3ccc(F)cc3)CC2)c(=S)c1C(N)=O. The molecule has 0 radical (unpaired) electrons. The first-order valence-electron chi connectivity index (χ1n) is 8.60. The second-order valence-electron chi connectivity index (χ2n) is 6.66. The van der Waals surface area contributed by atoms with Crippen LogP contribution in [0, 0.1) is 24.3 Å². The standard InChI is InChI=1S/C19H23FN4OS/c1-13-11-14(2)24(19(26)17(13)18(21)25)12-22-7-9-23(10-8-22)16-5-3-15(20)4-6-16/h3-6,11H,7-10,12H2,1-2H3,(H2,21,25). The Labute approximate surface area is 157 Å². The number of amides is 1. The zero-order chi connectivity index (χ0) is 18.8. The van der Waals surface area contributed by atoms with E-state index in [1.54, 1.807) is 0 Å². The fourth-order valence-corrected chi connectivity index (χ4v) is 3.87. The summed E-state index contributed by atoms with van der Waals surface area (Å²) in [6, 6.07) is 8.55. The molecule has 0 bridgehead atoms. The lowest BCUT2D eigenvalue weighted by Gasteiger charge is -2.36. The molecule has 0 atom stereocenters. The number of aromatic nitrogens is 1. The summed E-state index contributed by atoms with van der Waals surface area (Å²) in [5.74, 6) is -0.704. The molecule has 138 valence electrons. The number of carbonyl (C=O) groups is 1. The van der Waals surface area contributed by atoms with Crippen molar-refractivity contribution in [2.75, 3.05) is 31.1 Å². The number of primary amides is 1. The maximum absolute atomic E-state index is 13.1. The number of hydrogen-bond acceptors (Lipinski definition) is 4. The Hall–Kier alpha value is -2.25. The van der Waals surface area contributed by atoms with Crippen molar-refractivity contribution < 1.29 is 9.18 Å². The predicted molar refractivity (Wildman–Crippen MR) is 103 cm³/mol. The van der Waals surface area contributed by atoms with Crippen LogP contribution in [0.3, 0.4) is 0 Å². The van der Waals surface area contributed by atoms with Crippen LogP contribution in [0.5, 0.6) is 0 Å². The second kappa shape index (κ2) is 7.55. The lowest BCUT2D eigenvalue weighted by molar-refractivity contribution is 0.0997. The lowest BCUT2D eigenvalue weighted by Crippen LogP contribution is -2.47. The van der Waals surface area contributed by atoms with Crippen LogP contribution >= 0.6 is 12.2 Å². The Morgan fingerprint density at radius 1 is 1.15 bits per heavy atom. The Kier molecular flexibility index (Phi) is 5.38. The molecular formula is C19H23FN4OS. The van der Waals surface area contributed by atoms with Gasteiger partial charge in [-0.05, 0) is 49.7 Å². The number of pyridine rings is 1. The Morgan fingerprint density at radius 3 is 2.35 bits per heavy atom. The predicted octanol–water partition coefficient (Wildman–Crippen LogP) is 2.85. The normalized spacial score (nSPS) is 15.3. The Morgan fingerprint density at radius 2 is 1.77 bits per heavy atom. The molecule has 3 rings (SSSR count). The number of halogens is 1. The van der Waals surface area contributed by atoms with E-state index in [2.05, 4.69) is 9.80 Å². The van der Waals surface area contributed by atoms with Crippen molar-refractivity contribution in [2.24, 2.45) is 5.73 Å². The number of rotatable bonds is 4. The number of hydrogen-bond donors (Lipinski definition) is 1. The van der Waals surface area contributed by atoms with E-state index >= 15 is 0 Å². The first kappa shape index (κ1) is 18.5. The molecule has 1 saturated heterocycles. The van der Waals surface area contributed by atoms with E-state index in [1.165, 1.54) is 12.1 Å². The van der Waals surface area contributed by atoms with Gasteiger partial charge < -0.3 is 15.2 Å². The van der Waals surface area contributed by atoms with Gasteiger partial charge in [0.2, 0.25) is 0 Å². The minimum absolute atomic E-state index is 0.220. The van der Waals surface area contributed by atoms with Gasteiger partial charge in [-0.25, -0.2) is 4.39 Å². The molecule has 5 nitrogen and oxygen atoms in total. The van der Waals surface area contributed by atoms with Gasteiger partial charge >= 0.3 is 0 Å². The number of carbonyl (C=O) groups excluding carboxylic acids is 1. The average Bonchev–Trinajstić information content (AvgIpc) is 2.59. The van der Waals surface area contributed by atoms with Gasteiger partial charge in [-0.1, -0.05) is 12.2 Å². The molecule has 0 unspecified atom stereocenters. The van der Waals surface area contributed by atoms with Gasteiger partial charge in [0.15, 0.2) is 0 Å². The van der Waals surface area contributed by atoms with Gasteiger partial charge in [0.25, 0.3) is 5.91 Å². The van der Waals surface area contributed by atoms with Crippen LogP contribution in [0.4, 0.5) is 10.1 Å². The van der Waals surface area contributed by atoms with E-state index in [1.807, 2.05) is 36.6 Å². The van der Waals surface area contributed by atoms with E-state index in [-0.39, 0.29) is 5.82 Å². The van der Waals surface area contributed by atoms with Crippen molar-refractivity contribution in [2.45, 2.75) is 20.5 Å². The summed E-state index contributed by atoms with van der Waals surface area (Å²) in [6.45, 7) is 7.90. The third-order valence-corrected chi connectivity index (χ3v) is 5.28. The van der Waals surface area contributed by atoms with Gasteiger partial charge in [-0.2, -0.15) is 0 Å². The topological polar surface area (TPSA) is 54.5 Å². The van der Waals surface area contributed by atoms with Crippen molar-refractivity contribution >= 4 is 23.8 Å². The van der Waals surface area contributed by atoms with Crippen LogP contribution in [0.25, 0.3) is 0 Å². The highest BCUT2D eigenvalue weighted by atomic mass is 32.1. The molecule has 26 heavy (non-hydrogen) atoms. The van der Waals surface area contributed by atoms with Gasteiger partial charge in [-0.3, -0.25) is 9.69 Å². The van der Waals surface area contributed by atoms with Crippen LogP contribution in [0.15, 0.2) is 30.3 Å². The fraction of sp³-hybridized carbons (Fsp3) is 0.368. The third-order valence-electron chi connectivity index (χ3n) is 4.86. The molecule has 2 aromatic rings. The number of benzene rings is 1. The summed E-state index contributed by atoms with van der Waals surface area (Å²) in [6.07, 6.45) is 0. The van der Waals surface area contributed by atoms with Gasteiger partial charge in [0.1, 0.15) is 10.5 Å². The van der Waals surface area contributed by atoms with Crippen molar-refractivity contribution in [1.29, 1.82) is 0 Å². The Bertz CT molecular complexity index is 870. The molecule has 0 aliphatic carbocycles. The molecule has 1 aromatic carbocycles. The zero-order valence-electron chi connectivity index (χ0n) is 15.0. The van der Waals surface area contributed by atoms with E-state index in [0.717, 1.165) is 43.1 Å². The molecule has 1 aliphatic heterocycles.